The second-order valence-electron chi connectivity index (χ2n) is 4.32. The molecule has 0 aromatic heterocycles. The molecule has 5 nitrogen and oxygen atoms in total. The fourth-order valence-electron chi connectivity index (χ4n) is 2.21. The maximum atomic E-state index is 11.9. The molecule has 1 unspecified atom stereocenters. The summed E-state index contributed by atoms with van der Waals surface area (Å²) in [6, 6.07) is 0. The highest BCUT2D eigenvalue weighted by atomic mass is 35.5. The van der Waals surface area contributed by atoms with E-state index < -0.39 is 28.8 Å². The van der Waals surface area contributed by atoms with E-state index in [1.807, 2.05) is 0 Å². The van der Waals surface area contributed by atoms with Crippen molar-refractivity contribution in [1.82, 2.24) is 0 Å². The van der Waals surface area contributed by atoms with E-state index in [2.05, 4.69) is 0 Å². The van der Waals surface area contributed by atoms with Gasteiger partial charge in [-0.2, -0.15) is 0 Å². The van der Waals surface area contributed by atoms with Crippen molar-refractivity contribution in [3.8, 4) is 0 Å². The van der Waals surface area contributed by atoms with Gasteiger partial charge in [0.15, 0.2) is 0 Å². The predicted molar refractivity (Wildman–Crippen MR) is 65.2 cm³/mol. The third kappa shape index (κ3) is 2.95. The lowest BCUT2D eigenvalue weighted by Gasteiger charge is -2.28. The van der Waals surface area contributed by atoms with Gasteiger partial charge in [-0.25, -0.2) is 9.59 Å². The molecule has 0 amide bonds. The van der Waals surface area contributed by atoms with Gasteiger partial charge in [-0.05, 0) is 33.1 Å². The van der Waals surface area contributed by atoms with Crippen LogP contribution in [0.25, 0.3) is 0 Å². The van der Waals surface area contributed by atoms with Crippen molar-refractivity contribution >= 4 is 23.5 Å². The fraction of sp³-hybridized carbons (Fsp3) is 0.833. The molecule has 104 valence electrons. The summed E-state index contributed by atoms with van der Waals surface area (Å²) in [5.74, 6) is -2.03. The Kier molecular flexibility index (Phi) is 5.41. The zero-order valence-electron chi connectivity index (χ0n) is 10.6. The fourth-order valence-corrected chi connectivity index (χ4v) is 2.52. The van der Waals surface area contributed by atoms with Crippen molar-refractivity contribution in [2.45, 2.75) is 44.1 Å². The summed E-state index contributed by atoms with van der Waals surface area (Å²) in [6.45, 7) is 3.57. The Morgan fingerprint density at radius 3 is 2.06 bits per heavy atom. The molecule has 1 N–H and O–H groups in total. The van der Waals surface area contributed by atoms with Gasteiger partial charge in [0.1, 0.15) is 0 Å². The van der Waals surface area contributed by atoms with E-state index >= 15 is 0 Å². The molecule has 6 heteroatoms. The van der Waals surface area contributed by atoms with Crippen LogP contribution in [-0.4, -0.2) is 41.2 Å². The molecule has 1 rings (SSSR count). The average Bonchev–Trinajstić information content (AvgIpc) is 2.75. The van der Waals surface area contributed by atoms with E-state index in [1.165, 1.54) is 0 Å². The van der Waals surface area contributed by atoms with Crippen LogP contribution >= 0.6 is 11.6 Å². The minimum Gasteiger partial charge on any atom is -0.464 e. The standard InChI is InChI=1S/C12H19ClO5/c1-3-17-10(15)12(13,11(16)18-4-2)8-5-6-9(14)7-8/h8-9,14H,3-7H2,1-2H3/t8-,9?/m1/s1. The molecule has 0 spiro atoms. The Labute approximate surface area is 111 Å². The second kappa shape index (κ2) is 6.38. The lowest BCUT2D eigenvalue weighted by atomic mass is 9.89. The van der Waals surface area contributed by atoms with Crippen molar-refractivity contribution in [2.24, 2.45) is 5.92 Å². The first-order chi connectivity index (χ1) is 8.46. The van der Waals surface area contributed by atoms with E-state index in [0.717, 1.165) is 0 Å². The minimum absolute atomic E-state index is 0.141. The van der Waals surface area contributed by atoms with Crippen LogP contribution in [0.15, 0.2) is 0 Å². The third-order valence-electron chi connectivity index (χ3n) is 3.11. The van der Waals surface area contributed by atoms with Gasteiger partial charge in [-0.1, -0.05) is 11.6 Å². The predicted octanol–water partition coefficient (Wildman–Crippen LogP) is 1.25. The number of ether oxygens (including phenoxy) is 2. The van der Waals surface area contributed by atoms with Gasteiger partial charge in [0.2, 0.25) is 4.87 Å². The van der Waals surface area contributed by atoms with Crippen molar-refractivity contribution in [3.63, 3.8) is 0 Å². The molecule has 0 aromatic carbocycles. The average molecular weight is 279 g/mol. The second-order valence-corrected chi connectivity index (χ2v) is 4.91. The van der Waals surface area contributed by atoms with Crippen LogP contribution < -0.4 is 0 Å². The summed E-state index contributed by atoms with van der Waals surface area (Å²) in [4.78, 5) is 22.0. The number of aliphatic hydroxyl groups is 1. The van der Waals surface area contributed by atoms with Crippen molar-refractivity contribution in [3.05, 3.63) is 0 Å². The highest BCUT2D eigenvalue weighted by Crippen LogP contribution is 2.40. The van der Waals surface area contributed by atoms with Crippen LogP contribution in [0.2, 0.25) is 0 Å². The van der Waals surface area contributed by atoms with Gasteiger partial charge >= 0.3 is 11.9 Å². The largest absolute Gasteiger partial charge is 0.464 e. The number of carbonyl (C=O) groups excluding carboxylic acids is 2. The normalized spacial score (nSPS) is 23.8. The molecule has 1 aliphatic carbocycles. The van der Waals surface area contributed by atoms with Gasteiger partial charge in [0.05, 0.1) is 19.3 Å². The van der Waals surface area contributed by atoms with E-state index in [-0.39, 0.29) is 13.2 Å². The van der Waals surface area contributed by atoms with E-state index in [9.17, 15) is 14.7 Å². The number of hydrogen-bond acceptors (Lipinski definition) is 5. The van der Waals surface area contributed by atoms with Crippen LogP contribution in [0.3, 0.4) is 0 Å². The number of halogens is 1. The van der Waals surface area contributed by atoms with Crippen LogP contribution in [-0.2, 0) is 19.1 Å². The molecule has 0 aliphatic heterocycles. The molecule has 1 saturated carbocycles. The van der Waals surface area contributed by atoms with E-state index in [4.69, 9.17) is 21.1 Å². The Bertz CT molecular complexity index is 300. The Balaban J connectivity index is 2.93. The van der Waals surface area contributed by atoms with Crippen LogP contribution in [0.4, 0.5) is 0 Å². The van der Waals surface area contributed by atoms with E-state index in [1.54, 1.807) is 13.8 Å². The minimum atomic E-state index is -1.83. The summed E-state index contributed by atoms with van der Waals surface area (Å²) in [5, 5.41) is 9.52. The zero-order chi connectivity index (χ0) is 13.8. The lowest BCUT2D eigenvalue weighted by molar-refractivity contribution is -0.161. The number of rotatable bonds is 5. The van der Waals surface area contributed by atoms with Crippen LogP contribution in [0, 0.1) is 5.92 Å². The first-order valence-corrected chi connectivity index (χ1v) is 6.55. The Hall–Kier alpha value is -0.810. The first kappa shape index (κ1) is 15.2. The molecule has 1 fully saturated rings. The number of esters is 2. The molecule has 0 saturated heterocycles. The third-order valence-corrected chi connectivity index (χ3v) is 3.73. The molecule has 2 atom stereocenters. The number of carbonyl (C=O) groups is 2. The monoisotopic (exact) mass is 278 g/mol. The van der Waals surface area contributed by atoms with Crippen molar-refractivity contribution in [1.29, 1.82) is 0 Å². The van der Waals surface area contributed by atoms with Gasteiger partial charge in [-0.15, -0.1) is 0 Å². The first-order valence-electron chi connectivity index (χ1n) is 6.18. The van der Waals surface area contributed by atoms with Gasteiger partial charge in [0, 0.05) is 5.92 Å². The Morgan fingerprint density at radius 1 is 1.22 bits per heavy atom. The summed E-state index contributed by atoms with van der Waals surface area (Å²) in [7, 11) is 0. The van der Waals surface area contributed by atoms with Crippen molar-refractivity contribution < 1.29 is 24.2 Å². The molecule has 0 radical (unpaired) electrons. The maximum Gasteiger partial charge on any atom is 0.339 e. The van der Waals surface area contributed by atoms with Crippen LogP contribution in [0.5, 0.6) is 0 Å². The SMILES string of the molecule is CCOC(=O)C(Cl)(C(=O)OCC)[C@@H]1CCC(O)C1. The highest BCUT2D eigenvalue weighted by molar-refractivity contribution is 6.45. The van der Waals surface area contributed by atoms with Gasteiger partial charge in [-0.3, -0.25) is 0 Å². The highest BCUT2D eigenvalue weighted by Gasteiger charge is 2.55. The summed E-state index contributed by atoms with van der Waals surface area (Å²) in [5.41, 5.74) is 0. The molecular weight excluding hydrogens is 260 g/mol. The topological polar surface area (TPSA) is 72.8 Å². The van der Waals surface area contributed by atoms with Crippen molar-refractivity contribution in [2.75, 3.05) is 13.2 Å². The Morgan fingerprint density at radius 2 is 1.72 bits per heavy atom. The molecule has 0 heterocycles. The quantitative estimate of drug-likeness (QED) is 0.465. The number of alkyl halides is 1. The van der Waals surface area contributed by atoms with Gasteiger partial charge in [0.25, 0.3) is 0 Å². The van der Waals surface area contributed by atoms with Gasteiger partial charge < -0.3 is 14.6 Å². The summed E-state index contributed by atoms with van der Waals surface area (Å²) < 4.78 is 9.74. The lowest BCUT2D eigenvalue weighted by Crippen LogP contribution is -2.49. The summed E-state index contributed by atoms with van der Waals surface area (Å²) in [6.07, 6.45) is 0.804. The molecular formula is C12H19ClO5. The van der Waals surface area contributed by atoms with E-state index in [0.29, 0.717) is 19.3 Å². The number of aliphatic hydroxyl groups excluding tert-OH is 1. The number of hydrogen-bond donors (Lipinski definition) is 1. The van der Waals surface area contributed by atoms with Crippen LogP contribution in [0.1, 0.15) is 33.1 Å². The maximum absolute atomic E-state index is 11.9. The molecule has 1 aliphatic rings. The smallest absolute Gasteiger partial charge is 0.339 e. The summed E-state index contributed by atoms with van der Waals surface area (Å²) >= 11 is 6.21. The molecule has 0 bridgehead atoms. The molecule has 18 heavy (non-hydrogen) atoms. The molecule has 0 aromatic rings. The zero-order valence-corrected chi connectivity index (χ0v) is 11.4.